The number of aryl methyl sites for hydroxylation is 1. The number of halogens is 1. The number of hydrogen-bond acceptors (Lipinski definition) is 3. The van der Waals surface area contributed by atoms with Crippen molar-refractivity contribution in [3.05, 3.63) is 76.2 Å². The predicted molar refractivity (Wildman–Crippen MR) is 170 cm³/mol. The maximum Gasteiger partial charge on any atom is 0.225 e. The molecular formula is C35H51BrN2O2S. The third-order valence-corrected chi connectivity index (χ3v) is 8.38. The van der Waals surface area contributed by atoms with E-state index >= 15 is 0 Å². The molecule has 0 aliphatic rings. The molecule has 1 aromatic heterocycles. The van der Waals surface area contributed by atoms with Crippen molar-refractivity contribution in [2.45, 2.75) is 111 Å². The van der Waals surface area contributed by atoms with Crippen LogP contribution in [0.15, 0.2) is 60.2 Å². The first-order chi connectivity index (χ1) is 19.6. The van der Waals surface area contributed by atoms with Crippen LogP contribution in [-0.4, -0.2) is 19.1 Å². The van der Waals surface area contributed by atoms with E-state index in [1.54, 1.807) is 18.3 Å². The summed E-state index contributed by atoms with van der Waals surface area (Å²) in [6, 6.07) is 16.6. The highest BCUT2D eigenvalue weighted by atomic mass is 79.9. The Morgan fingerprint density at radius 3 is 2.17 bits per heavy atom. The molecule has 2 aromatic carbocycles. The first-order valence-corrected chi connectivity index (χ1v) is 16.5. The Labute approximate surface area is 263 Å². The van der Waals surface area contributed by atoms with Crippen LogP contribution in [0.3, 0.4) is 0 Å². The van der Waals surface area contributed by atoms with E-state index in [0.717, 1.165) is 43.0 Å². The molecule has 0 bridgehead atoms. The van der Waals surface area contributed by atoms with Gasteiger partial charge in [-0.2, -0.15) is 4.57 Å². The lowest BCUT2D eigenvalue weighted by Crippen LogP contribution is -3.00. The molecule has 0 spiro atoms. The quantitative estimate of drug-likeness (QED) is 0.111. The fourth-order valence-corrected chi connectivity index (χ4v) is 5.88. The molecule has 0 unspecified atom stereocenters. The average molecular weight is 644 g/mol. The molecule has 0 saturated heterocycles. The molecule has 0 N–H and O–H groups in total. The minimum atomic E-state index is 0. The van der Waals surface area contributed by atoms with E-state index in [9.17, 15) is 4.79 Å². The second kappa shape index (κ2) is 20.7. The molecular weight excluding hydrogens is 592 g/mol. The van der Waals surface area contributed by atoms with E-state index in [1.807, 2.05) is 23.1 Å². The van der Waals surface area contributed by atoms with Gasteiger partial charge in [0.15, 0.2) is 12.7 Å². The number of ether oxygens (including phenoxy) is 1. The molecule has 6 heteroatoms. The van der Waals surface area contributed by atoms with Gasteiger partial charge in [0.25, 0.3) is 0 Å². The van der Waals surface area contributed by atoms with Crippen LogP contribution >= 0.6 is 11.3 Å². The second-order valence-electron chi connectivity index (χ2n) is 11.1. The highest BCUT2D eigenvalue weighted by Crippen LogP contribution is 2.23. The monoisotopic (exact) mass is 642 g/mol. The lowest BCUT2D eigenvalue weighted by atomic mass is 10.1. The van der Waals surface area contributed by atoms with Crippen LogP contribution in [-0.2, 0) is 17.8 Å². The van der Waals surface area contributed by atoms with Crippen molar-refractivity contribution < 1.29 is 31.1 Å². The summed E-state index contributed by atoms with van der Waals surface area (Å²) in [5.74, 6) is 0.998. The summed E-state index contributed by atoms with van der Waals surface area (Å²) in [7, 11) is 0. The highest BCUT2D eigenvalue weighted by molar-refractivity contribution is 7.09. The topological polar surface area (TPSA) is 33.4 Å². The van der Waals surface area contributed by atoms with Crippen molar-refractivity contribution in [1.29, 1.82) is 0 Å². The molecule has 0 aliphatic heterocycles. The largest absolute Gasteiger partial charge is 1.00 e. The molecule has 1 amide bonds. The van der Waals surface area contributed by atoms with Crippen LogP contribution in [0.2, 0.25) is 0 Å². The van der Waals surface area contributed by atoms with Crippen LogP contribution in [0.25, 0.3) is 0 Å². The zero-order chi connectivity index (χ0) is 28.4. The van der Waals surface area contributed by atoms with Gasteiger partial charge in [0, 0.05) is 19.0 Å². The van der Waals surface area contributed by atoms with Gasteiger partial charge in [-0.3, -0.25) is 4.79 Å². The summed E-state index contributed by atoms with van der Waals surface area (Å²) in [5.41, 5.74) is 5.47. The van der Waals surface area contributed by atoms with Gasteiger partial charge < -0.3 is 26.6 Å². The maximum atomic E-state index is 12.7. The third kappa shape index (κ3) is 13.6. The number of rotatable bonds is 20. The molecule has 3 rings (SSSR count). The molecule has 0 aliphatic carbocycles. The summed E-state index contributed by atoms with van der Waals surface area (Å²) >= 11 is 1.74. The molecule has 41 heavy (non-hydrogen) atoms. The van der Waals surface area contributed by atoms with Gasteiger partial charge >= 0.3 is 0 Å². The molecule has 0 radical (unpaired) electrons. The summed E-state index contributed by atoms with van der Waals surface area (Å²) < 4.78 is 8.27. The van der Waals surface area contributed by atoms with Crippen molar-refractivity contribution in [3.63, 3.8) is 0 Å². The van der Waals surface area contributed by atoms with Crippen molar-refractivity contribution in [3.8, 4) is 5.75 Å². The number of benzene rings is 2. The fourth-order valence-electron chi connectivity index (χ4n) is 5.24. The molecule has 0 saturated carbocycles. The van der Waals surface area contributed by atoms with Gasteiger partial charge in [0.2, 0.25) is 11.4 Å². The number of thiazole rings is 1. The summed E-state index contributed by atoms with van der Waals surface area (Å²) in [6.45, 7) is 8.23. The molecule has 4 nitrogen and oxygen atoms in total. The molecule has 0 atom stereocenters. The second-order valence-corrected chi connectivity index (χ2v) is 12.2. The Morgan fingerprint density at radius 2 is 1.54 bits per heavy atom. The van der Waals surface area contributed by atoms with E-state index in [1.165, 1.54) is 81.1 Å². The fraction of sp³-hybridized carbons (Fsp3) is 0.543. The van der Waals surface area contributed by atoms with Crippen molar-refractivity contribution in [2.24, 2.45) is 0 Å². The van der Waals surface area contributed by atoms with Gasteiger partial charge in [-0.15, -0.1) is 0 Å². The summed E-state index contributed by atoms with van der Waals surface area (Å²) in [6.07, 6.45) is 19.1. The Kier molecular flexibility index (Phi) is 17.6. The number of aromatic nitrogens is 1. The average Bonchev–Trinajstić information content (AvgIpc) is 3.36. The lowest BCUT2D eigenvalue weighted by molar-refractivity contribution is -0.683. The van der Waals surface area contributed by atoms with Gasteiger partial charge in [0.1, 0.15) is 5.75 Å². The van der Waals surface area contributed by atoms with Crippen LogP contribution < -0.4 is 31.2 Å². The van der Waals surface area contributed by atoms with Crippen LogP contribution in [0, 0.1) is 6.92 Å². The molecule has 0 fully saturated rings. The third-order valence-electron chi connectivity index (χ3n) is 7.53. The van der Waals surface area contributed by atoms with E-state index in [2.05, 4.69) is 60.5 Å². The Bertz CT molecular complexity index is 1130. The molecule has 1 heterocycles. The zero-order valence-electron chi connectivity index (χ0n) is 25.6. The van der Waals surface area contributed by atoms with E-state index in [-0.39, 0.29) is 22.9 Å². The smallest absolute Gasteiger partial charge is 0.225 e. The molecule has 3 aromatic rings. The van der Waals surface area contributed by atoms with Crippen molar-refractivity contribution in [1.82, 2.24) is 0 Å². The first kappa shape index (κ1) is 35.0. The van der Waals surface area contributed by atoms with Gasteiger partial charge in [-0.1, -0.05) is 119 Å². The number of unbranched alkanes of at least 4 members (excludes halogenated alkanes) is 11. The van der Waals surface area contributed by atoms with Crippen molar-refractivity contribution in [2.75, 3.05) is 18.1 Å². The Hall–Kier alpha value is -2.18. The van der Waals surface area contributed by atoms with Crippen molar-refractivity contribution >= 4 is 22.9 Å². The van der Waals surface area contributed by atoms with Crippen LogP contribution in [0.4, 0.5) is 5.69 Å². The number of hydrogen-bond donors (Lipinski definition) is 0. The first-order valence-electron chi connectivity index (χ1n) is 15.6. The number of nitrogens with zero attached hydrogens (tertiary/aromatic N) is 2. The van der Waals surface area contributed by atoms with Gasteiger partial charge in [-0.25, -0.2) is 0 Å². The van der Waals surface area contributed by atoms with Crippen LogP contribution in [0.1, 0.15) is 107 Å². The van der Waals surface area contributed by atoms with E-state index < -0.39 is 0 Å². The number of amides is 1. The number of carbonyl (C=O) groups is 1. The highest BCUT2D eigenvalue weighted by Gasteiger charge is 2.18. The summed E-state index contributed by atoms with van der Waals surface area (Å²) in [4.78, 5) is 15.9. The minimum Gasteiger partial charge on any atom is -1.00 e. The minimum absolute atomic E-state index is 0. The van der Waals surface area contributed by atoms with Gasteiger partial charge in [-0.05, 0) is 43.5 Å². The number of para-hydroxylation sites is 1. The van der Waals surface area contributed by atoms with Crippen LogP contribution in [0.5, 0.6) is 5.75 Å². The lowest BCUT2D eigenvalue weighted by Gasteiger charge is -2.23. The zero-order valence-corrected chi connectivity index (χ0v) is 28.0. The maximum absolute atomic E-state index is 12.7. The number of carbonyl (C=O) groups excluding carboxylic acids is 1. The van der Waals surface area contributed by atoms with E-state index in [0.29, 0.717) is 6.54 Å². The van der Waals surface area contributed by atoms with E-state index in [4.69, 9.17) is 4.74 Å². The Balaban J connectivity index is 0.00000588. The normalized spacial score (nSPS) is 10.8. The molecule has 226 valence electrons. The Morgan fingerprint density at radius 1 is 0.878 bits per heavy atom. The number of anilines is 1. The SMILES string of the molecule is CCCCCCCCCCCCCCOc1cccc(CCN(C(C)=O)c2ccccc2C[n+]2csc(C)c2)c1.[Br-]. The standard InChI is InChI=1S/C35H51N2O2S.BrH/c1-4-5-6-7-8-9-10-11-12-13-14-17-25-39-34-21-18-19-32(26-34)23-24-37(31(3)38)35-22-16-15-20-33(35)28-36-27-30(2)40-29-36;/h15-16,18-22,26-27,29H,4-14,17,23-25,28H2,1-3H3;1H/q+1;/p-1. The van der Waals surface area contributed by atoms with Gasteiger partial charge in [0.05, 0.1) is 17.2 Å². The predicted octanol–water partition coefficient (Wildman–Crippen LogP) is 6.07. The summed E-state index contributed by atoms with van der Waals surface area (Å²) in [5, 5.41) is 0.